The zero-order chi connectivity index (χ0) is 20.8. The van der Waals surface area contributed by atoms with Gasteiger partial charge >= 0.3 is 0 Å². The van der Waals surface area contributed by atoms with Gasteiger partial charge in [0.05, 0.1) is 18.8 Å². The van der Waals surface area contributed by atoms with E-state index in [1.165, 1.54) is 4.68 Å². The standard InChI is InChI=1S/C19H29N7O2/c1-7-25(8-2)18(28)12-24(6)11-17(27)22-16-10-15(5)23-26(16)19-20-13(3)9-14(4)21-19/h9-10H,7-8,11-12H2,1-6H3,(H,22,27). The maximum absolute atomic E-state index is 12.5. The van der Waals surface area contributed by atoms with Gasteiger partial charge in [0, 0.05) is 30.5 Å². The summed E-state index contributed by atoms with van der Waals surface area (Å²) in [5.41, 5.74) is 2.38. The van der Waals surface area contributed by atoms with E-state index < -0.39 is 0 Å². The Balaban J connectivity index is 2.07. The molecule has 9 nitrogen and oxygen atoms in total. The molecule has 2 rings (SSSR count). The van der Waals surface area contributed by atoms with Crippen molar-refractivity contribution in [2.75, 3.05) is 38.5 Å². The van der Waals surface area contributed by atoms with Crippen molar-refractivity contribution in [3.63, 3.8) is 0 Å². The minimum absolute atomic E-state index is 0.00447. The maximum atomic E-state index is 12.5. The molecule has 0 bridgehead atoms. The Kier molecular flexibility index (Phi) is 7.22. The largest absolute Gasteiger partial charge is 0.342 e. The van der Waals surface area contributed by atoms with Crippen LogP contribution in [0.25, 0.3) is 5.95 Å². The highest BCUT2D eigenvalue weighted by Crippen LogP contribution is 2.15. The van der Waals surface area contributed by atoms with Crippen LogP contribution in [0, 0.1) is 20.8 Å². The molecule has 2 amide bonds. The van der Waals surface area contributed by atoms with E-state index in [0.29, 0.717) is 24.9 Å². The fourth-order valence-corrected chi connectivity index (χ4v) is 2.93. The van der Waals surface area contributed by atoms with Crippen molar-refractivity contribution in [3.05, 3.63) is 29.2 Å². The van der Waals surface area contributed by atoms with E-state index in [2.05, 4.69) is 20.4 Å². The predicted molar refractivity (Wildman–Crippen MR) is 107 cm³/mol. The van der Waals surface area contributed by atoms with Gasteiger partial charge in [0.15, 0.2) is 0 Å². The monoisotopic (exact) mass is 387 g/mol. The third-order valence-corrected chi connectivity index (χ3v) is 4.19. The van der Waals surface area contributed by atoms with Gasteiger partial charge in [0.1, 0.15) is 5.82 Å². The van der Waals surface area contributed by atoms with Crippen LogP contribution in [0.15, 0.2) is 12.1 Å². The first-order chi connectivity index (χ1) is 13.2. The average Bonchev–Trinajstić information content (AvgIpc) is 2.95. The van der Waals surface area contributed by atoms with Gasteiger partial charge < -0.3 is 10.2 Å². The molecular weight excluding hydrogens is 358 g/mol. The number of rotatable bonds is 8. The molecule has 2 aromatic rings. The molecule has 0 saturated carbocycles. The lowest BCUT2D eigenvalue weighted by molar-refractivity contribution is -0.132. The number of likely N-dealkylation sites (N-methyl/N-ethyl adjacent to an activating group) is 2. The van der Waals surface area contributed by atoms with Crippen LogP contribution in [0.2, 0.25) is 0 Å². The summed E-state index contributed by atoms with van der Waals surface area (Å²) in [6, 6.07) is 3.64. The van der Waals surface area contributed by atoms with Gasteiger partial charge in [-0.25, -0.2) is 9.97 Å². The quantitative estimate of drug-likeness (QED) is 0.734. The molecule has 0 saturated heterocycles. The van der Waals surface area contributed by atoms with Crippen LogP contribution in [-0.2, 0) is 9.59 Å². The number of anilines is 1. The smallest absolute Gasteiger partial charge is 0.252 e. The normalized spacial score (nSPS) is 11.0. The van der Waals surface area contributed by atoms with Crippen LogP contribution in [0.5, 0.6) is 0 Å². The number of carbonyl (C=O) groups is 2. The maximum Gasteiger partial charge on any atom is 0.252 e. The zero-order valence-electron chi connectivity index (χ0n) is 17.5. The third kappa shape index (κ3) is 5.59. The summed E-state index contributed by atoms with van der Waals surface area (Å²) in [6.07, 6.45) is 0. The number of hydrogen-bond acceptors (Lipinski definition) is 6. The molecule has 0 radical (unpaired) electrons. The van der Waals surface area contributed by atoms with Gasteiger partial charge in [0.2, 0.25) is 11.8 Å². The second-order valence-corrected chi connectivity index (χ2v) is 6.82. The van der Waals surface area contributed by atoms with E-state index in [-0.39, 0.29) is 24.9 Å². The van der Waals surface area contributed by atoms with Crippen molar-refractivity contribution in [2.24, 2.45) is 0 Å². The Morgan fingerprint density at radius 3 is 2.18 bits per heavy atom. The molecule has 0 aliphatic heterocycles. The fraction of sp³-hybridized carbons (Fsp3) is 0.526. The Morgan fingerprint density at radius 1 is 1.00 bits per heavy atom. The van der Waals surface area contributed by atoms with Crippen LogP contribution in [-0.4, -0.2) is 74.6 Å². The highest BCUT2D eigenvalue weighted by molar-refractivity contribution is 5.92. The lowest BCUT2D eigenvalue weighted by Crippen LogP contribution is -2.41. The van der Waals surface area contributed by atoms with Crippen molar-refractivity contribution >= 4 is 17.6 Å². The Labute approximate surface area is 165 Å². The summed E-state index contributed by atoms with van der Waals surface area (Å²) in [5, 5.41) is 7.24. The van der Waals surface area contributed by atoms with E-state index in [1.807, 2.05) is 40.7 Å². The molecule has 152 valence electrons. The van der Waals surface area contributed by atoms with Crippen molar-refractivity contribution < 1.29 is 9.59 Å². The molecule has 0 fully saturated rings. The highest BCUT2D eigenvalue weighted by Gasteiger charge is 2.17. The van der Waals surface area contributed by atoms with E-state index in [4.69, 9.17) is 0 Å². The molecule has 2 heterocycles. The molecule has 28 heavy (non-hydrogen) atoms. The number of aryl methyl sites for hydroxylation is 3. The summed E-state index contributed by atoms with van der Waals surface area (Å²) >= 11 is 0. The van der Waals surface area contributed by atoms with Gasteiger partial charge in [-0.05, 0) is 47.7 Å². The minimum atomic E-state index is -0.236. The first-order valence-corrected chi connectivity index (χ1v) is 9.39. The van der Waals surface area contributed by atoms with Crippen LogP contribution in [0.3, 0.4) is 0 Å². The lowest BCUT2D eigenvalue weighted by atomic mass is 10.3. The number of nitrogens with one attached hydrogen (secondary N) is 1. The highest BCUT2D eigenvalue weighted by atomic mass is 16.2. The van der Waals surface area contributed by atoms with Gasteiger partial charge in [-0.3, -0.25) is 14.5 Å². The summed E-state index contributed by atoms with van der Waals surface area (Å²) in [6.45, 7) is 11.1. The summed E-state index contributed by atoms with van der Waals surface area (Å²) in [5.74, 6) is 0.673. The van der Waals surface area contributed by atoms with Crippen molar-refractivity contribution in [2.45, 2.75) is 34.6 Å². The fourth-order valence-electron chi connectivity index (χ4n) is 2.93. The molecule has 0 aliphatic rings. The Hall–Kier alpha value is -2.81. The Morgan fingerprint density at radius 2 is 1.61 bits per heavy atom. The van der Waals surface area contributed by atoms with Crippen LogP contribution < -0.4 is 5.32 Å². The molecule has 9 heteroatoms. The van der Waals surface area contributed by atoms with E-state index in [0.717, 1.165) is 17.1 Å². The number of nitrogens with zero attached hydrogens (tertiary/aromatic N) is 6. The molecule has 0 atom stereocenters. The van der Waals surface area contributed by atoms with Crippen LogP contribution >= 0.6 is 0 Å². The molecular formula is C19H29N7O2. The van der Waals surface area contributed by atoms with Gasteiger partial charge in [-0.2, -0.15) is 9.78 Å². The predicted octanol–water partition coefficient (Wildman–Crippen LogP) is 1.33. The first kappa shape index (κ1) is 21.5. The zero-order valence-corrected chi connectivity index (χ0v) is 17.5. The SMILES string of the molecule is CCN(CC)C(=O)CN(C)CC(=O)Nc1cc(C)nn1-c1nc(C)cc(C)n1. The van der Waals surface area contributed by atoms with E-state index in [9.17, 15) is 9.59 Å². The number of aromatic nitrogens is 4. The van der Waals surface area contributed by atoms with Crippen molar-refractivity contribution in [1.29, 1.82) is 0 Å². The van der Waals surface area contributed by atoms with Gasteiger partial charge in [-0.15, -0.1) is 0 Å². The number of carbonyl (C=O) groups excluding carboxylic acids is 2. The van der Waals surface area contributed by atoms with Crippen molar-refractivity contribution in [1.82, 2.24) is 29.5 Å². The number of hydrogen-bond donors (Lipinski definition) is 1. The first-order valence-electron chi connectivity index (χ1n) is 9.39. The van der Waals surface area contributed by atoms with Crippen LogP contribution in [0.1, 0.15) is 30.9 Å². The molecule has 0 aliphatic carbocycles. The molecule has 0 unspecified atom stereocenters. The Bertz CT molecular complexity index is 823. The number of amides is 2. The third-order valence-electron chi connectivity index (χ3n) is 4.19. The van der Waals surface area contributed by atoms with Crippen molar-refractivity contribution in [3.8, 4) is 5.95 Å². The molecule has 0 spiro atoms. The summed E-state index contributed by atoms with van der Waals surface area (Å²) < 4.78 is 1.52. The van der Waals surface area contributed by atoms with E-state index >= 15 is 0 Å². The summed E-state index contributed by atoms with van der Waals surface area (Å²) in [7, 11) is 1.75. The van der Waals surface area contributed by atoms with Gasteiger partial charge in [-0.1, -0.05) is 0 Å². The van der Waals surface area contributed by atoms with E-state index in [1.54, 1.807) is 22.9 Å². The topological polar surface area (TPSA) is 96.2 Å². The molecule has 1 N–H and O–H groups in total. The summed E-state index contributed by atoms with van der Waals surface area (Å²) in [4.78, 5) is 36.9. The van der Waals surface area contributed by atoms with Crippen LogP contribution in [0.4, 0.5) is 5.82 Å². The molecule has 2 aromatic heterocycles. The second kappa shape index (κ2) is 9.41. The minimum Gasteiger partial charge on any atom is -0.342 e. The second-order valence-electron chi connectivity index (χ2n) is 6.82. The molecule has 0 aromatic carbocycles. The van der Waals surface area contributed by atoms with Gasteiger partial charge in [0.25, 0.3) is 5.95 Å². The lowest BCUT2D eigenvalue weighted by Gasteiger charge is -2.22. The average molecular weight is 387 g/mol.